The third-order valence-electron chi connectivity index (χ3n) is 3.89. The smallest absolute Gasteiger partial charge is 0.227 e. The summed E-state index contributed by atoms with van der Waals surface area (Å²) in [4.78, 5) is 20.3. The number of aromatic nitrogens is 1. The number of amides is 1. The average Bonchev–Trinajstić information content (AvgIpc) is 2.71. The van der Waals surface area contributed by atoms with Crippen molar-refractivity contribution in [1.29, 1.82) is 0 Å². The number of aliphatic imine (C=N–C) groups is 1. The molecule has 1 amide bonds. The summed E-state index contributed by atoms with van der Waals surface area (Å²) in [6, 6.07) is 20.6. The molecule has 0 fully saturated rings. The fourth-order valence-corrected chi connectivity index (χ4v) is 2.47. The van der Waals surface area contributed by atoms with Crippen LogP contribution in [-0.4, -0.2) is 23.4 Å². The molecule has 2 aromatic carbocycles. The Morgan fingerprint density at radius 1 is 1.03 bits per heavy atom. The number of hydrogen-bond donors (Lipinski definition) is 3. The number of pyridine rings is 1. The lowest BCUT2D eigenvalue weighted by Crippen LogP contribution is -2.23. The van der Waals surface area contributed by atoms with Crippen molar-refractivity contribution in [1.82, 2.24) is 4.98 Å². The van der Waals surface area contributed by atoms with Gasteiger partial charge < -0.3 is 21.1 Å². The molecule has 0 aliphatic carbocycles. The van der Waals surface area contributed by atoms with Crippen LogP contribution < -0.4 is 21.1 Å². The van der Waals surface area contributed by atoms with Crippen molar-refractivity contribution in [3.8, 4) is 11.5 Å². The average molecular weight is 389 g/mol. The van der Waals surface area contributed by atoms with Gasteiger partial charge in [0.2, 0.25) is 5.91 Å². The topological polar surface area (TPSA) is 102 Å². The van der Waals surface area contributed by atoms with Gasteiger partial charge in [-0.05, 0) is 42.8 Å². The van der Waals surface area contributed by atoms with Gasteiger partial charge in [0.1, 0.15) is 17.3 Å². The van der Waals surface area contributed by atoms with E-state index in [0.717, 1.165) is 17.0 Å². The molecule has 0 unspecified atom stereocenters. The van der Waals surface area contributed by atoms with E-state index < -0.39 is 0 Å². The van der Waals surface area contributed by atoms with Gasteiger partial charge in [-0.2, -0.15) is 0 Å². The van der Waals surface area contributed by atoms with Gasteiger partial charge in [-0.25, -0.2) is 4.98 Å². The largest absolute Gasteiger partial charge is 0.457 e. The first-order valence-corrected chi connectivity index (χ1v) is 9.21. The second-order valence-corrected chi connectivity index (χ2v) is 6.35. The highest BCUT2D eigenvalue weighted by Crippen LogP contribution is 2.23. The van der Waals surface area contributed by atoms with Crippen LogP contribution in [0.4, 0.5) is 11.5 Å². The summed E-state index contributed by atoms with van der Waals surface area (Å²) in [5, 5.41) is 5.73. The number of carbonyl (C=O) groups is 1. The number of hydrogen-bond acceptors (Lipinski definition) is 4. The summed E-state index contributed by atoms with van der Waals surface area (Å²) in [6.45, 7) is 2.20. The number of rotatable bonds is 7. The Morgan fingerprint density at radius 3 is 2.59 bits per heavy atom. The van der Waals surface area contributed by atoms with Crippen molar-refractivity contribution < 1.29 is 9.53 Å². The molecule has 0 aliphatic heterocycles. The van der Waals surface area contributed by atoms with Crippen LogP contribution in [0.5, 0.6) is 11.5 Å². The van der Waals surface area contributed by atoms with E-state index >= 15 is 0 Å². The maximum Gasteiger partial charge on any atom is 0.227 e. The monoisotopic (exact) mass is 389 g/mol. The van der Waals surface area contributed by atoms with Crippen LogP contribution in [0, 0.1) is 6.92 Å². The Bertz CT molecular complexity index is 972. The molecular formula is C22H23N5O2. The Hall–Kier alpha value is -3.87. The highest BCUT2D eigenvalue weighted by Gasteiger charge is 2.04. The molecule has 0 bridgehead atoms. The van der Waals surface area contributed by atoms with Gasteiger partial charge in [0.15, 0.2) is 5.96 Å². The second-order valence-electron chi connectivity index (χ2n) is 6.35. The number of nitrogens with one attached hydrogen (secondary N) is 2. The number of ether oxygens (including phenoxy) is 1. The quantitative estimate of drug-likeness (QED) is 0.420. The summed E-state index contributed by atoms with van der Waals surface area (Å²) in [6.07, 6.45) is 1.90. The predicted molar refractivity (Wildman–Crippen MR) is 115 cm³/mol. The Kier molecular flexibility index (Phi) is 6.78. The lowest BCUT2D eigenvalue weighted by Gasteiger charge is -2.09. The standard InChI is InChI=1S/C22H23N5O2/c1-16-10-11-20(25-15-16)27-21(28)12-13-24-22(23)26-17-6-5-9-19(14-17)29-18-7-3-2-4-8-18/h2-11,14-15H,12-13H2,1H3,(H3,23,24,26)(H,25,27,28). The third-order valence-corrected chi connectivity index (χ3v) is 3.89. The van der Waals surface area contributed by atoms with E-state index in [4.69, 9.17) is 10.5 Å². The Morgan fingerprint density at radius 2 is 1.83 bits per heavy atom. The number of nitrogens with zero attached hydrogens (tertiary/aromatic N) is 2. The number of guanidine groups is 1. The van der Waals surface area contributed by atoms with E-state index in [0.29, 0.717) is 11.6 Å². The second kappa shape index (κ2) is 9.89. The van der Waals surface area contributed by atoms with Crippen LogP contribution in [0.2, 0.25) is 0 Å². The number of nitrogens with two attached hydrogens (primary N) is 1. The molecule has 148 valence electrons. The minimum absolute atomic E-state index is 0.170. The number of para-hydroxylation sites is 1. The van der Waals surface area contributed by atoms with Crippen molar-refractivity contribution in [2.24, 2.45) is 10.7 Å². The first-order chi connectivity index (χ1) is 14.1. The molecule has 1 heterocycles. The molecule has 0 saturated carbocycles. The van der Waals surface area contributed by atoms with E-state index in [1.807, 2.05) is 67.6 Å². The molecule has 0 aliphatic rings. The van der Waals surface area contributed by atoms with Gasteiger partial charge in [-0.15, -0.1) is 0 Å². The van der Waals surface area contributed by atoms with Crippen molar-refractivity contribution in [3.05, 3.63) is 78.5 Å². The normalized spacial score (nSPS) is 11.0. The first-order valence-electron chi connectivity index (χ1n) is 9.21. The van der Waals surface area contributed by atoms with Crippen LogP contribution in [0.1, 0.15) is 12.0 Å². The summed E-state index contributed by atoms with van der Waals surface area (Å²) >= 11 is 0. The van der Waals surface area contributed by atoms with Gasteiger partial charge in [0.25, 0.3) is 0 Å². The fourth-order valence-electron chi connectivity index (χ4n) is 2.47. The summed E-state index contributed by atoms with van der Waals surface area (Å²) in [5.41, 5.74) is 7.69. The van der Waals surface area contributed by atoms with E-state index in [2.05, 4.69) is 20.6 Å². The maximum absolute atomic E-state index is 12.0. The number of benzene rings is 2. The molecule has 3 aromatic rings. The van der Waals surface area contributed by atoms with Crippen molar-refractivity contribution in [2.45, 2.75) is 13.3 Å². The molecule has 7 heteroatoms. The van der Waals surface area contributed by atoms with E-state index in [1.54, 1.807) is 12.3 Å². The highest BCUT2D eigenvalue weighted by molar-refractivity contribution is 5.93. The Balaban J connectivity index is 1.48. The molecule has 0 radical (unpaired) electrons. The Labute approximate surface area is 169 Å². The number of aryl methyl sites for hydroxylation is 1. The van der Waals surface area contributed by atoms with Crippen LogP contribution in [0.3, 0.4) is 0 Å². The highest BCUT2D eigenvalue weighted by atomic mass is 16.5. The van der Waals surface area contributed by atoms with Crippen molar-refractivity contribution in [2.75, 3.05) is 17.2 Å². The number of anilines is 2. The van der Waals surface area contributed by atoms with Crippen LogP contribution in [0.15, 0.2) is 77.9 Å². The minimum atomic E-state index is -0.170. The summed E-state index contributed by atoms with van der Waals surface area (Å²) in [7, 11) is 0. The molecule has 7 nitrogen and oxygen atoms in total. The van der Waals surface area contributed by atoms with E-state index in [-0.39, 0.29) is 24.8 Å². The number of carbonyl (C=O) groups excluding carboxylic acids is 1. The van der Waals surface area contributed by atoms with E-state index in [1.165, 1.54) is 0 Å². The van der Waals surface area contributed by atoms with Gasteiger partial charge in [0.05, 0.1) is 6.54 Å². The molecule has 1 aromatic heterocycles. The van der Waals surface area contributed by atoms with Gasteiger partial charge in [-0.1, -0.05) is 30.3 Å². The molecule has 0 atom stereocenters. The summed E-state index contributed by atoms with van der Waals surface area (Å²) in [5.74, 6) is 2.00. The lowest BCUT2D eigenvalue weighted by molar-refractivity contribution is -0.116. The summed E-state index contributed by atoms with van der Waals surface area (Å²) < 4.78 is 5.80. The molecule has 0 spiro atoms. The van der Waals surface area contributed by atoms with Gasteiger partial charge in [0, 0.05) is 24.4 Å². The predicted octanol–water partition coefficient (Wildman–Crippen LogP) is 3.94. The van der Waals surface area contributed by atoms with Crippen molar-refractivity contribution in [3.63, 3.8) is 0 Å². The lowest BCUT2D eigenvalue weighted by atomic mass is 10.3. The van der Waals surface area contributed by atoms with E-state index in [9.17, 15) is 4.79 Å². The maximum atomic E-state index is 12.0. The zero-order valence-corrected chi connectivity index (χ0v) is 16.1. The fraction of sp³-hybridized carbons (Fsp3) is 0.136. The zero-order chi connectivity index (χ0) is 20.5. The first kappa shape index (κ1) is 19.9. The zero-order valence-electron chi connectivity index (χ0n) is 16.1. The van der Waals surface area contributed by atoms with Gasteiger partial charge in [-0.3, -0.25) is 9.79 Å². The van der Waals surface area contributed by atoms with Crippen LogP contribution >= 0.6 is 0 Å². The molecule has 29 heavy (non-hydrogen) atoms. The van der Waals surface area contributed by atoms with Crippen LogP contribution in [-0.2, 0) is 4.79 Å². The molecule has 3 rings (SSSR count). The minimum Gasteiger partial charge on any atom is -0.457 e. The SMILES string of the molecule is Cc1ccc(NC(=O)CCN=C(N)Nc2cccc(Oc3ccccc3)c2)nc1. The molecule has 0 saturated heterocycles. The molecular weight excluding hydrogens is 366 g/mol. The van der Waals surface area contributed by atoms with Crippen molar-refractivity contribution >= 4 is 23.4 Å². The molecule has 4 N–H and O–H groups in total. The third kappa shape index (κ3) is 6.66. The van der Waals surface area contributed by atoms with Gasteiger partial charge >= 0.3 is 0 Å². The van der Waals surface area contributed by atoms with Crippen LogP contribution in [0.25, 0.3) is 0 Å².